The third-order valence-corrected chi connectivity index (χ3v) is 7.40. The van der Waals surface area contributed by atoms with Crippen molar-refractivity contribution in [1.82, 2.24) is 14.9 Å². The maximum Gasteiger partial charge on any atom is 0.172 e. The topological polar surface area (TPSA) is 32.3 Å². The number of piperazine rings is 1. The molecule has 4 nitrogen and oxygen atoms in total. The Kier molecular flexibility index (Phi) is 5.79. The number of thiophene rings is 1. The smallest absolute Gasteiger partial charge is 0.172 e. The summed E-state index contributed by atoms with van der Waals surface area (Å²) in [6, 6.07) is 34.5. The molecule has 5 aromatic rings. The minimum atomic E-state index is 0.258. The lowest BCUT2D eigenvalue weighted by molar-refractivity contribution is 0.212. The Labute approximate surface area is 204 Å². The van der Waals surface area contributed by atoms with Crippen molar-refractivity contribution < 1.29 is 0 Å². The molecule has 1 aliphatic heterocycles. The molecule has 34 heavy (non-hydrogen) atoms. The number of nitrogens with zero attached hydrogens (tertiary/aromatic N) is 4. The van der Waals surface area contributed by atoms with Gasteiger partial charge in [0.15, 0.2) is 5.82 Å². The Morgan fingerprint density at radius 3 is 1.94 bits per heavy atom. The monoisotopic (exact) mass is 462 g/mol. The van der Waals surface area contributed by atoms with Gasteiger partial charge in [0.05, 0.1) is 16.4 Å². The second kappa shape index (κ2) is 9.37. The van der Waals surface area contributed by atoms with E-state index in [0.717, 1.165) is 53.6 Å². The van der Waals surface area contributed by atoms with Crippen LogP contribution in [0.25, 0.3) is 21.6 Å². The molecular formula is C29H26N4S. The van der Waals surface area contributed by atoms with Crippen LogP contribution in [0.5, 0.6) is 0 Å². The van der Waals surface area contributed by atoms with Gasteiger partial charge in [-0.25, -0.2) is 9.97 Å². The van der Waals surface area contributed by atoms with Crippen LogP contribution >= 0.6 is 11.3 Å². The second-order valence-corrected chi connectivity index (χ2v) is 9.56. The van der Waals surface area contributed by atoms with Crippen molar-refractivity contribution in [1.29, 1.82) is 0 Å². The molecule has 1 aliphatic rings. The van der Waals surface area contributed by atoms with E-state index in [1.54, 1.807) is 11.3 Å². The summed E-state index contributed by atoms with van der Waals surface area (Å²) in [6.45, 7) is 3.81. The molecular weight excluding hydrogens is 436 g/mol. The zero-order valence-electron chi connectivity index (χ0n) is 18.9. The lowest BCUT2D eigenvalue weighted by Crippen LogP contribution is -2.48. The second-order valence-electron chi connectivity index (χ2n) is 8.61. The molecule has 1 saturated heterocycles. The molecule has 0 N–H and O–H groups in total. The van der Waals surface area contributed by atoms with Gasteiger partial charge < -0.3 is 4.90 Å². The first-order valence-corrected chi connectivity index (χ1v) is 12.6. The molecule has 3 heterocycles. The molecule has 1 fully saturated rings. The summed E-state index contributed by atoms with van der Waals surface area (Å²) in [5.41, 5.74) is 3.69. The minimum Gasteiger partial charge on any atom is -0.353 e. The average molecular weight is 463 g/mol. The van der Waals surface area contributed by atoms with Crippen LogP contribution in [0.3, 0.4) is 0 Å². The molecule has 2 aromatic heterocycles. The Bertz CT molecular complexity index is 1320. The number of hydrogen-bond donors (Lipinski definition) is 0. The summed E-state index contributed by atoms with van der Waals surface area (Å²) in [5, 5.41) is 3.21. The average Bonchev–Trinajstić information content (AvgIpc) is 3.45. The van der Waals surface area contributed by atoms with E-state index in [9.17, 15) is 0 Å². The van der Waals surface area contributed by atoms with Crippen molar-refractivity contribution >= 4 is 28.1 Å². The number of benzene rings is 3. The van der Waals surface area contributed by atoms with Crippen LogP contribution < -0.4 is 4.90 Å². The Morgan fingerprint density at radius 1 is 0.647 bits per heavy atom. The number of para-hydroxylation sites is 1. The lowest BCUT2D eigenvalue weighted by Gasteiger charge is -2.40. The summed E-state index contributed by atoms with van der Waals surface area (Å²) in [7, 11) is 0. The van der Waals surface area contributed by atoms with E-state index in [1.165, 1.54) is 11.1 Å². The van der Waals surface area contributed by atoms with Crippen molar-refractivity contribution in [3.63, 3.8) is 0 Å². The van der Waals surface area contributed by atoms with Gasteiger partial charge in [0.2, 0.25) is 0 Å². The van der Waals surface area contributed by atoms with Gasteiger partial charge in [0.25, 0.3) is 0 Å². The number of anilines is 1. The highest BCUT2D eigenvalue weighted by atomic mass is 32.1. The molecule has 0 aliphatic carbocycles. The Balaban J connectivity index is 1.31. The zero-order valence-corrected chi connectivity index (χ0v) is 19.7. The van der Waals surface area contributed by atoms with Gasteiger partial charge in [-0.3, -0.25) is 4.90 Å². The fourth-order valence-corrected chi connectivity index (χ4v) is 5.55. The van der Waals surface area contributed by atoms with E-state index in [0.29, 0.717) is 0 Å². The van der Waals surface area contributed by atoms with E-state index >= 15 is 0 Å². The van der Waals surface area contributed by atoms with Crippen molar-refractivity contribution in [2.75, 3.05) is 31.1 Å². The fourth-order valence-electron chi connectivity index (χ4n) is 4.89. The first-order valence-electron chi connectivity index (χ1n) is 11.8. The van der Waals surface area contributed by atoms with Gasteiger partial charge in [-0.1, -0.05) is 78.9 Å². The molecule has 0 spiro atoms. The summed E-state index contributed by atoms with van der Waals surface area (Å²) in [4.78, 5) is 16.1. The predicted molar refractivity (Wildman–Crippen MR) is 141 cm³/mol. The molecule has 0 saturated carbocycles. The number of aromatic nitrogens is 2. The van der Waals surface area contributed by atoms with Gasteiger partial charge in [-0.05, 0) is 34.7 Å². The maximum absolute atomic E-state index is 5.06. The van der Waals surface area contributed by atoms with Gasteiger partial charge in [0.1, 0.15) is 5.82 Å². The molecule has 0 atom stereocenters. The first kappa shape index (κ1) is 21.0. The summed E-state index contributed by atoms with van der Waals surface area (Å²) >= 11 is 1.69. The van der Waals surface area contributed by atoms with Crippen LogP contribution in [0.1, 0.15) is 17.2 Å². The van der Waals surface area contributed by atoms with Gasteiger partial charge in [0, 0.05) is 31.6 Å². The minimum absolute atomic E-state index is 0.258. The predicted octanol–water partition coefficient (Wildman–Crippen LogP) is 6.27. The van der Waals surface area contributed by atoms with E-state index in [4.69, 9.17) is 9.97 Å². The van der Waals surface area contributed by atoms with Crippen LogP contribution in [0, 0.1) is 0 Å². The third-order valence-electron chi connectivity index (χ3n) is 6.53. The Hall–Kier alpha value is -3.54. The molecule has 6 rings (SSSR count). The third kappa shape index (κ3) is 4.09. The van der Waals surface area contributed by atoms with Gasteiger partial charge >= 0.3 is 0 Å². The van der Waals surface area contributed by atoms with Crippen LogP contribution in [0.15, 0.2) is 102 Å². The van der Waals surface area contributed by atoms with E-state index in [2.05, 4.69) is 112 Å². The quantitative estimate of drug-likeness (QED) is 0.308. The Morgan fingerprint density at radius 2 is 1.29 bits per heavy atom. The molecule has 168 valence electrons. The number of rotatable bonds is 5. The van der Waals surface area contributed by atoms with Crippen molar-refractivity contribution in [3.05, 3.63) is 114 Å². The van der Waals surface area contributed by atoms with E-state index < -0.39 is 0 Å². The highest BCUT2D eigenvalue weighted by Crippen LogP contribution is 2.33. The number of hydrogen-bond acceptors (Lipinski definition) is 5. The van der Waals surface area contributed by atoms with E-state index in [-0.39, 0.29) is 6.04 Å². The summed E-state index contributed by atoms with van der Waals surface area (Å²) in [6.07, 6.45) is 0. The van der Waals surface area contributed by atoms with Crippen LogP contribution in [-0.4, -0.2) is 41.0 Å². The summed E-state index contributed by atoms with van der Waals surface area (Å²) < 4.78 is 0. The summed E-state index contributed by atoms with van der Waals surface area (Å²) in [5.74, 6) is 1.86. The fraction of sp³-hybridized carbons (Fsp3) is 0.172. The van der Waals surface area contributed by atoms with Crippen molar-refractivity contribution in [3.8, 4) is 10.7 Å². The normalized spacial score (nSPS) is 14.7. The van der Waals surface area contributed by atoms with Gasteiger partial charge in [-0.2, -0.15) is 0 Å². The zero-order chi connectivity index (χ0) is 22.7. The molecule has 0 unspecified atom stereocenters. The van der Waals surface area contributed by atoms with Crippen molar-refractivity contribution in [2.24, 2.45) is 0 Å². The molecule has 5 heteroatoms. The standard InChI is InChI=1S/C29H26N4S/c1-3-10-22(11-4-1)27(23-12-5-2-6-13-23)32-17-19-33(20-18-32)29-24-14-7-8-15-25(24)30-28(31-29)26-16-9-21-34-26/h1-16,21,27H,17-20H2. The maximum atomic E-state index is 5.06. The van der Waals surface area contributed by atoms with Crippen LogP contribution in [0.4, 0.5) is 5.82 Å². The molecule has 0 amide bonds. The first-order chi connectivity index (χ1) is 16.9. The molecule has 0 radical (unpaired) electrons. The highest BCUT2D eigenvalue weighted by Gasteiger charge is 2.28. The van der Waals surface area contributed by atoms with Crippen LogP contribution in [-0.2, 0) is 0 Å². The van der Waals surface area contributed by atoms with E-state index in [1.807, 2.05) is 0 Å². The highest BCUT2D eigenvalue weighted by molar-refractivity contribution is 7.13. The SMILES string of the molecule is c1ccc(C(c2ccccc2)N2CCN(c3nc(-c4cccs4)nc4ccccc34)CC2)cc1. The molecule has 3 aromatic carbocycles. The largest absolute Gasteiger partial charge is 0.353 e. The van der Waals surface area contributed by atoms with Gasteiger partial charge in [-0.15, -0.1) is 11.3 Å². The van der Waals surface area contributed by atoms with Crippen molar-refractivity contribution in [2.45, 2.75) is 6.04 Å². The lowest BCUT2D eigenvalue weighted by atomic mass is 9.96. The number of fused-ring (bicyclic) bond motifs is 1. The van der Waals surface area contributed by atoms with Crippen LogP contribution in [0.2, 0.25) is 0 Å². The molecule has 0 bridgehead atoms.